The van der Waals surface area contributed by atoms with Gasteiger partial charge in [0.05, 0.1) is 19.3 Å². The molecule has 112 valence electrons. The molecule has 3 nitrogen and oxygen atoms in total. The summed E-state index contributed by atoms with van der Waals surface area (Å²) in [5.74, 6) is -0.655. The lowest BCUT2D eigenvalue weighted by molar-refractivity contribution is 0.385. The molecule has 0 aliphatic heterocycles. The van der Waals surface area contributed by atoms with Gasteiger partial charge >= 0.3 is 0 Å². The SMILES string of the molecule is CCCNC(c1cncc(F)c1)c1ccc(F)c(OC)c1. The van der Waals surface area contributed by atoms with Crippen molar-refractivity contribution in [3.05, 3.63) is 59.4 Å². The zero-order valence-electron chi connectivity index (χ0n) is 12.1. The summed E-state index contributed by atoms with van der Waals surface area (Å²) in [6, 6.07) is 5.80. The fourth-order valence-corrected chi connectivity index (χ4v) is 2.16. The number of hydrogen-bond donors (Lipinski definition) is 1. The Morgan fingerprint density at radius 2 is 2.00 bits per heavy atom. The zero-order valence-corrected chi connectivity index (χ0v) is 12.1. The molecule has 2 rings (SSSR count). The van der Waals surface area contributed by atoms with E-state index < -0.39 is 11.6 Å². The molecule has 0 aliphatic carbocycles. The molecule has 21 heavy (non-hydrogen) atoms. The predicted octanol–water partition coefficient (Wildman–Crippen LogP) is 3.46. The van der Waals surface area contributed by atoms with E-state index in [4.69, 9.17) is 4.74 Å². The highest BCUT2D eigenvalue weighted by molar-refractivity contribution is 5.37. The summed E-state index contributed by atoms with van der Waals surface area (Å²) in [4.78, 5) is 3.88. The molecule has 0 spiro atoms. The Kier molecular flexibility index (Phi) is 5.22. The smallest absolute Gasteiger partial charge is 0.165 e. The highest BCUT2D eigenvalue weighted by Crippen LogP contribution is 2.27. The molecule has 0 radical (unpaired) electrons. The summed E-state index contributed by atoms with van der Waals surface area (Å²) in [6.07, 6.45) is 3.69. The first-order valence-electron chi connectivity index (χ1n) is 6.83. The molecule has 0 bridgehead atoms. The maximum Gasteiger partial charge on any atom is 0.165 e. The van der Waals surface area contributed by atoms with Crippen LogP contribution in [0.2, 0.25) is 0 Å². The van der Waals surface area contributed by atoms with Gasteiger partial charge in [-0.1, -0.05) is 13.0 Å². The predicted molar refractivity (Wildman–Crippen MR) is 77.3 cm³/mol. The van der Waals surface area contributed by atoms with Crippen LogP contribution < -0.4 is 10.1 Å². The summed E-state index contributed by atoms with van der Waals surface area (Å²) in [5.41, 5.74) is 1.49. The van der Waals surface area contributed by atoms with Crippen LogP contribution in [0.4, 0.5) is 8.78 Å². The van der Waals surface area contributed by atoms with Crippen molar-refractivity contribution in [3.8, 4) is 5.75 Å². The van der Waals surface area contributed by atoms with Crippen LogP contribution >= 0.6 is 0 Å². The largest absolute Gasteiger partial charge is 0.494 e. The fourth-order valence-electron chi connectivity index (χ4n) is 2.16. The summed E-state index contributed by atoms with van der Waals surface area (Å²) >= 11 is 0. The van der Waals surface area contributed by atoms with Crippen molar-refractivity contribution in [3.63, 3.8) is 0 Å². The Morgan fingerprint density at radius 3 is 2.67 bits per heavy atom. The van der Waals surface area contributed by atoms with Gasteiger partial charge in [-0.15, -0.1) is 0 Å². The summed E-state index contributed by atoms with van der Waals surface area (Å²) in [7, 11) is 1.42. The fraction of sp³-hybridized carbons (Fsp3) is 0.312. The Morgan fingerprint density at radius 1 is 1.19 bits per heavy atom. The molecular formula is C16H18F2N2O. The molecule has 0 aliphatic rings. The van der Waals surface area contributed by atoms with Gasteiger partial charge in [0.25, 0.3) is 0 Å². The minimum Gasteiger partial charge on any atom is -0.494 e. The molecule has 1 aromatic carbocycles. The van der Waals surface area contributed by atoms with E-state index in [1.54, 1.807) is 18.3 Å². The molecule has 1 atom stereocenters. The van der Waals surface area contributed by atoms with E-state index in [0.29, 0.717) is 5.56 Å². The van der Waals surface area contributed by atoms with Gasteiger partial charge in [0.1, 0.15) is 5.82 Å². The normalized spacial score (nSPS) is 12.2. The topological polar surface area (TPSA) is 34.2 Å². The van der Waals surface area contributed by atoms with E-state index in [9.17, 15) is 8.78 Å². The molecule has 0 amide bonds. The molecule has 0 saturated heterocycles. The maximum absolute atomic E-state index is 13.5. The van der Waals surface area contributed by atoms with Crippen LogP contribution in [0.3, 0.4) is 0 Å². The second-order valence-corrected chi connectivity index (χ2v) is 4.72. The number of halogens is 2. The Hall–Kier alpha value is -2.01. The average molecular weight is 292 g/mol. The number of pyridine rings is 1. The van der Waals surface area contributed by atoms with Gasteiger partial charge in [0, 0.05) is 6.20 Å². The number of benzene rings is 1. The van der Waals surface area contributed by atoms with Crippen LogP contribution in [0, 0.1) is 11.6 Å². The quantitative estimate of drug-likeness (QED) is 0.885. The molecule has 1 aromatic heterocycles. The van der Waals surface area contributed by atoms with Gasteiger partial charge < -0.3 is 10.1 Å². The van der Waals surface area contributed by atoms with Crippen molar-refractivity contribution < 1.29 is 13.5 Å². The van der Waals surface area contributed by atoms with E-state index in [2.05, 4.69) is 10.3 Å². The number of hydrogen-bond acceptors (Lipinski definition) is 3. The number of aromatic nitrogens is 1. The van der Waals surface area contributed by atoms with Crippen molar-refractivity contribution >= 4 is 0 Å². The highest BCUT2D eigenvalue weighted by atomic mass is 19.1. The number of nitrogens with one attached hydrogen (secondary N) is 1. The molecule has 1 N–H and O–H groups in total. The Bertz CT molecular complexity index is 605. The van der Waals surface area contributed by atoms with Gasteiger partial charge in [-0.3, -0.25) is 4.98 Å². The lowest BCUT2D eigenvalue weighted by Gasteiger charge is -2.20. The second kappa shape index (κ2) is 7.13. The lowest BCUT2D eigenvalue weighted by Crippen LogP contribution is -2.23. The van der Waals surface area contributed by atoms with Crippen LogP contribution in [-0.2, 0) is 0 Å². The van der Waals surface area contributed by atoms with Crippen molar-refractivity contribution in [1.29, 1.82) is 0 Å². The molecule has 1 unspecified atom stereocenters. The van der Waals surface area contributed by atoms with Gasteiger partial charge in [-0.25, -0.2) is 8.78 Å². The van der Waals surface area contributed by atoms with Gasteiger partial charge in [-0.2, -0.15) is 0 Å². The summed E-state index contributed by atoms with van der Waals surface area (Å²) in [6.45, 7) is 2.79. The van der Waals surface area contributed by atoms with Gasteiger partial charge in [0.2, 0.25) is 0 Å². The summed E-state index contributed by atoms with van der Waals surface area (Å²) in [5, 5.41) is 3.32. The molecule has 0 saturated carbocycles. The Labute approximate surface area is 123 Å². The van der Waals surface area contributed by atoms with Crippen LogP contribution in [0.5, 0.6) is 5.75 Å². The molecule has 5 heteroatoms. The minimum atomic E-state index is -0.423. The van der Waals surface area contributed by atoms with Crippen molar-refractivity contribution in [2.24, 2.45) is 0 Å². The minimum absolute atomic E-state index is 0.167. The van der Waals surface area contributed by atoms with E-state index in [1.807, 2.05) is 6.92 Å². The Balaban J connectivity index is 2.40. The first-order chi connectivity index (χ1) is 10.2. The molecule has 2 aromatic rings. The van der Waals surface area contributed by atoms with E-state index in [0.717, 1.165) is 24.7 Å². The number of nitrogens with zero attached hydrogens (tertiary/aromatic N) is 1. The second-order valence-electron chi connectivity index (χ2n) is 4.72. The monoisotopic (exact) mass is 292 g/mol. The first-order valence-corrected chi connectivity index (χ1v) is 6.83. The van der Waals surface area contributed by atoms with Crippen LogP contribution in [0.1, 0.15) is 30.5 Å². The third-order valence-electron chi connectivity index (χ3n) is 3.17. The van der Waals surface area contributed by atoms with Crippen LogP contribution in [0.15, 0.2) is 36.7 Å². The number of methoxy groups -OCH3 is 1. The third kappa shape index (κ3) is 3.76. The molecule has 0 fully saturated rings. The highest BCUT2D eigenvalue weighted by Gasteiger charge is 2.16. The number of ether oxygens (including phenoxy) is 1. The molecule has 1 heterocycles. The van der Waals surface area contributed by atoms with Crippen molar-refractivity contribution in [2.45, 2.75) is 19.4 Å². The average Bonchev–Trinajstić information content (AvgIpc) is 2.49. The third-order valence-corrected chi connectivity index (χ3v) is 3.17. The first kappa shape index (κ1) is 15.4. The van der Waals surface area contributed by atoms with Gasteiger partial charge in [-0.05, 0) is 42.3 Å². The number of rotatable bonds is 6. The lowest BCUT2D eigenvalue weighted by atomic mass is 9.99. The van der Waals surface area contributed by atoms with E-state index >= 15 is 0 Å². The van der Waals surface area contributed by atoms with E-state index in [1.165, 1.54) is 19.2 Å². The molecular weight excluding hydrogens is 274 g/mol. The summed E-state index contributed by atoms with van der Waals surface area (Å²) < 4.78 is 31.9. The van der Waals surface area contributed by atoms with Crippen molar-refractivity contribution in [2.75, 3.05) is 13.7 Å². The van der Waals surface area contributed by atoms with Crippen LogP contribution in [-0.4, -0.2) is 18.6 Å². The van der Waals surface area contributed by atoms with Crippen LogP contribution in [0.25, 0.3) is 0 Å². The maximum atomic E-state index is 13.5. The van der Waals surface area contributed by atoms with E-state index in [-0.39, 0.29) is 11.8 Å². The standard InChI is InChI=1S/C16H18F2N2O/c1-3-6-20-16(12-7-13(17)10-19-9-12)11-4-5-14(18)15(8-11)21-2/h4-5,7-10,16,20H,3,6H2,1-2H3. The zero-order chi connectivity index (χ0) is 15.2. The van der Waals surface area contributed by atoms with Gasteiger partial charge in [0.15, 0.2) is 11.6 Å². The van der Waals surface area contributed by atoms with Crippen molar-refractivity contribution in [1.82, 2.24) is 10.3 Å².